The van der Waals surface area contributed by atoms with E-state index in [1.54, 1.807) is 6.92 Å². The number of carbonyl (C=O) groups is 1. The van der Waals surface area contributed by atoms with Crippen molar-refractivity contribution in [3.05, 3.63) is 0 Å². The van der Waals surface area contributed by atoms with Crippen molar-refractivity contribution in [3.8, 4) is 0 Å². The second-order valence-electron chi connectivity index (χ2n) is 4.54. The minimum Gasteiger partial charge on any atom is -0.393 e. The molecular weight excluding hydrogens is 208 g/mol. The molecule has 0 bridgehead atoms. The first kappa shape index (κ1) is 12.4. The summed E-state index contributed by atoms with van der Waals surface area (Å²) in [6.07, 6.45) is 3.79. The number of thiocarbonyl (C=S) groups is 1. The van der Waals surface area contributed by atoms with Gasteiger partial charge in [-0.25, -0.2) is 0 Å². The van der Waals surface area contributed by atoms with Gasteiger partial charge in [0.1, 0.15) is 0 Å². The van der Waals surface area contributed by atoms with Gasteiger partial charge in [0.05, 0.1) is 10.9 Å². The fourth-order valence-corrected chi connectivity index (χ4v) is 2.15. The van der Waals surface area contributed by atoms with E-state index in [0.29, 0.717) is 5.92 Å². The molecule has 1 amide bonds. The van der Waals surface area contributed by atoms with Crippen LogP contribution in [0.15, 0.2) is 0 Å². The lowest BCUT2D eigenvalue weighted by Crippen LogP contribution is -2.38. The number of nitrogens with one attached hydrogen (secondary N) is 1. The molecule has 0 heterocycles. The molecule has 0 aromatic rings. The molecule has 3 nitrogen and oxygen atoms in total. The summed E-state index contributed by atoms with van der Waals surface area (Å²) in [7, 11) is 0. The molecule has 86 valence electrons. The van der Waals surface area contributed by atoms with Crippen LogP contribution in [0.1, 0.15) is 33.1 Å². The van der Waals surface area contributed by atoms with E-state index in [1.807, 2.05) is 0 Å². The van der Waals surface area contributed by atoms with Crippen molar-refractivity contribution < 1.29 is 4.79 Å². The number of carbonyl (C=O) groups excluding carboxylic acids is 1. The Morgan fingerprint density at radius 3 is 2.73 bits per heavy atom. The van der Waals surface area contributed by atoms with E-state index in [0.717, 1.165) is 12.5 Å². The molecule has 3 atom stereocenters. The molecule has 0 aliphatic heterocycles. The lowest BCUT2D eigenvalue weighted by molar-refractivity contribution is -0.122. The first-order valence-electron chi connectivity index (χ1n) is 5.59. The van der Waals surface area contributed by atoms with Crippen molar-refractivity contribution in [1.29, 1.82) is 0 Å². The minimum atomic E-state index is -0.350. The highest BCUT2D eigenvalue weighted by atomic mass is 32.1. The maximum absolute atomic E-state index is 11.6. The van der Waals surface area contributed by atoms with Crippen LogP contribution >= 0.6 is 12.2 Å². The van der Waals surface area contributed by atoms with E-state index < -0.39 is 0 Å². The number of amides is 1. The van der Waals surface area contributed by atoms with E-state index in [1.165, 1.54) is 19.3 Å². The second kappa shape index (κ2) is 5.45. The molecule has 1 aliphatic carbocycles. The maximum Gasteiger partial charge on any atom is 0.229 e. The Balaban J connectivity index is 2.30. The Bertz CT molecular complexity index is 255. The quantitative estimate of drug-likeness (QED) is 0.716. The Labute approximate surface area is 96.8 Å². The van der Waals surface area contributed by atoms with Crippen LogP contribution in [0.5, 0.6) is 0 Å². The van der Waals surface area contributed by atoms with Gasteiger partial charge in [-0.3, -0.25) is 4.79 Å². The van der Waals surface area contributed by atoms with Crippen molar-refractivity contribution in [2.75, 3.05) is 6.54 Å². The summed E-state index contributed by atoms with van der Waals surface area (Å²) < 4.78 is 0. The van der Waals surface area contributed by atoms with E-state index >= 15 is 0 Å². The van der Waals surface area contributed by atoms with Crippen molar-refractivity contribution in [3.63, 3.8) is 0 Å². The first-order chi connectivity index (χ1) is 7.02. The summed E-state index contributed by atoms with van der Waals surface area (Å²) in [6.45, 7) is 4.77. The van der Waals surface area contributed by atoms with Gasteiger partial charge < -0.3 is 11.1 Å². The van der Waals surface area contributed by atoms with Crippen LogP contribution in [0.25, 0.3) is 0 Å². The van der Waals surface area contributed by atoms with E-state index in [2.05, 4.69) is 12.2 Å². The Morgan fingerprint density at radius 1 is 1.60 bits per heavy atom. The van der Waals surface area contributed by atoms with Gasteiger partial charge in [0.15, 0.2) is 0 Å². The van der Waals surface area contributed by atoms with Crippen LogP contribution in [0.3, 0.4) is 0 Å². The average molecular weight is 228 g/mol. The second-order valence-corrected chi connectivity index (χ2v) is 5.01. The highest BCUT2D eigenvalue weighted by molar-refractivity contribution is 7.80. The van der Waals surface area contributed by atoms with Crippen LogP contribution in [0.2, 0.25) is 0 Å². The predicted octanol–water partition coefficient (Wildman–Crippen LogP) is 1.46. The van der Waals surface area contributed by atoms with Gasteiger partial charge in [0.2, 0.25) is 5.91 Å². The van der Waals surface area contributed by atoms with E-state index in [-0.39, 0.29) is 16.8 Å². The zero-order chi connectivity index (χ0) is 11.4. The largest absolute Gasteiger partial charge is 0.393 e. The van der Waals surface area contributed by atoms with Crippen LogP contribution in [-0.4, -0.2) is 17.4 Å². The summed E-state index contributed by atoms with van der Waals surface area (Å²) in [4.78, 5) is 11.8. The molecule has 4 heteroatoms. The molecule has 1 saturated carbocycles. The normalized spacial score (nSPS) is 27.3. The predicted molar refractivity (Wildman–Crippen MR) is 65.5 cm³/mol. The zero-order valence-corrected chi connectivity index (χ0v) is 10.3. The van der Waals surface area contributed by atoms with Crippen LogP contribution in [0, 0.1) is 17.8 Å². The topological polar surface area (TPSA) is 55.1 Å². The highest BCUT2D eigenvalue weighted by Crippen LogP contribution is 2.30. The number of rotatable bonds is 4. The SMILES string of the molecule is CC(C(=O)NCC1CCCC1C)C(N)=S. The molecule has 0 radical (unpaired) electrons. The first-order valence-corrected chi connectivity index (χ1v) is 6.00. The summed E-state index contributed by atoms with van der Waals surface area (Å²) in [5, 5.41) is 2.93. The number of hydrogen-bond donors (Lipinski definition) is 2. The number of hydrogen-bond acceptors (Lipinski definition) is 2. The Kier molecular flexibility index (Phi) is 4.51. The van der Waals surface area contributed by atoms with Crippen molar-refractivity contribution in [2.45, 2.75) is 33.1 Å². The summed E-state index contributed by atoms with van der Waals surface area (Å²) in [5.41, 5.74) is 5.42. The Morgan fingerprint density at radius 2 is 2.27 bits per heavy atom. The van der Waals surface area contributed by atoms with Crippen molar-refractivity contribution in [2.24, 2.45) is 23.5 Å². The molecule has 15 heavy (non-hydrogen) atoms. The van der Waals surface area contributed by atoms with Gasteiger partial charge in [0, 0.05) is 6.54 Å². The molecule has 3 N–H and O–H groups in total. The van der Waals surface area contributed by atoms with Gasteiger partial charge in [-0.15, -0.1) is 0 Å². The smallest absolute Gasteiger partial charge is 0.229 e. The lowest BCUT2D eigenvalue weighted by Gasteiger charge is -2.17. The summed E-state index contributed by atoms with van der Waals surface area (Å²) in [6, 6.07) is 0. The zero-order valence-electron chi connectivity index (χ0n) is 9.45. The van der Waals surface area contributed by atoms with Gasteiger partial charge >= 0.3 is 0 Å². The van der Waals surface area contributed by atoms with Gasteiger partial charge in [-0.1, -0.05) is 32.0 Å². The van der Waals surface area contributed by atoms with Crippen molar-refractivity contribution in [1.82, 2.24) is 5.32 Å². The van der Waals surface area contributed by atoms with Crippen LogP contribution in [-0.2, 0) is 4.79 Å². The Hall–Kier alpha value is -0.640. The molecule has 0 saturated heterocycles. The fourth-order valence-electron chi connectivity index (χ4n) is 2.04. The minimum absolute atomic E-state index is 0.0402. The average Bonchev–Trinajstić information content (AvgIpc) is 2.59. The van der Waals surface area contributed by atoms with Gasteiger partial charge in [0.25, 0.3) is 0 Å². The molecule has 1 rings (SSSR count). The molecule has 1 fully saturated rings. The third kappa shape index (κ3) is 3.45. The van der Waals surface area contributed by atoms with E-state index in [9.17, 15) is 4.79 Å². The molecule has 0 aromatic carbocycles. The summed E-state index contributed by atoms with van der Waals surface area (Å²) in [5.74, 6) is 0.969. The fraction of sp³-hybridized carbons (Fsp3) is 0.818. The molecule has 0 spiro atoms. The number of nitrogens with two attached hydrogens (primary N) is 1. The third-order valence-corrected chi connectivity index (χ3v) is 3.75. The molecule has 3 unspecified atom stereocenters. The lowest BCUT2D eigenvalue weighted by atomic mass is 9.98. The highest BCUT2D eigenvalue weighted by Gasteiger charge is 2.24. The summed E-state index contributed by atoms with van der Waals surface area (Å²) >= 11 is 4.78. The molecule has 1 aliphatic rings. The monoisotopic (exact) mass is 228 g/mol. The standard InChI is InChI=1S/C11H20N2OS/c1-7-4-3-5-9(7)6-13-11(14)8(2)10(12)15/h7-9H,3-6H2,1-2H3,(H2,12,15)(H,13,14). The van der Waals surface area contributed by atoms with E-state index in [4.69, 9.17) is 18.0 Å². The van der Waals surface area contributed by atoms with Gasteiger partial charge in [-0.05, 0) is 25.2 Å². The van der Waals surface area contributed by atoms with Gasteiger partial charge in [-0.2, -0.15) is 0 Å². The van der Waals surface area contributed by atoms with Crippen LogP contribution in [0.4, 0.5) is 0 Å². The van der Waals surface area contributed by atoms with Crippen molar-refractivity contribution >= 4 is 23.1 Å². The van der Waals surface area contributed by atoms with Crippen LogP contribution < -0.4 is 11.1 Å². The molecule has 0 aromatic heterocycles. The maximum atomic E-state index is 11.6. The third-order valence-electron chi connectivity index (χ3n) is 3.40. The molecular formula is C11H20N2OS.